The summed E-state index contributed by atoms with van der Waals surface area (Å²) in [5.41, 5.74) is 1.94. The SMILES string of the molecule is CC1(C2CCC2)C(=O)Nc2ccccc21. The fourth-order valence-electron chi connectivity index (χ4n) is 2.81. The van der Waals surface area contributed by atoms with Crippen LogP contribution in [0.2, 0.25) is 0 Å². The number of carbonyl (C=O) groups is 1. The van der Waals surface area contributed by atoms with Crippen LogP contribution in [0.1, 0.15) is 31.7 Å². The van der Waals surface area contributed by atoms with Gasteiger partial charge < -0.3 is 5.32 Å². The van der Waals surface area contributed by atoms with Crippen molar-refractivity contribution < 1.29 is 4.79 Å². The van der Waals surface area contributed by atoms with Gasteiger partial charge in [-0.15, -0.1) is 0 Å². The molecule has 3 rings (SSSR count). The highest BCUT2D eigenvalue weighted by Crippen LogP contribution is 2.49. The standard InChI is InChI=1S/C13H15NO/c1-13(9-5-4-6-9)10-7-2-3-8-11(10)14-12(13)15/h2-3,7-9H,4-6H2,1H3,(H,14,15). The smallest absolute Gasteiger partial charge is 0.235 e. The summed E-state index contributed by atoms with van der Waals surface area (Å²) in [6.45, 7) is 2.10. The summed E-state index contributed by atoms with van der Waals surface area (Å²) in [5, 5.41) is 3.00. The fourth-order valence-corrected chi connectivity index (χ4v) is 2.81. The summed E-state index contributed by atoms with van der Waals surface area (Å²) >= 11 is 0. The summed E-state index contributed by atoms with van der Waals surface area (Å²) in [4.78, 5) is 12.1. The highest BCUT2D eigenvalue weighted by atomic mass is 16.2. The van der Waals surface area contributed by atoms with Crippen molar-refractivity contribution in [2.24, 2.45) is 5.92 Å². The van der Waals surface area contributed by atoms with Crippen LogP contribution in [0.5, 0.6) is 0 Å². The molecule has 2 aliphatic rings. The Bertz CT molecular complexity index is 422. The summed E-state index contributed by atoms with van der Waals surface area (Å²) < 4.78 is 0. The van der Waals surface area contributed by atoms with E-state index in [9.17, 15) is 4.79 Å². The Hall–Kier alpha value is -1.31. The van der Waals surface area contributed by atoms with Gasteiger partial charge in [0.25, 0.3) is 0 Å². The van der Waals surface area contributed by atoms with Crippen molar-refractivity contribution in [2.75, 3.05) is 5.32 Å². The van der Waals surface area contributed by atoms with Gasteiger partial charge in [0, 0.05) is 5.69 Å². The molecule has 1 atom stereocenters. The molecule has 1 aromatic carbocycles. The first kappa shape index (κ1) is 8.96. The number of hydrogen-bond acceptors (Lipinski definition) is 1. The topological polar surface area (TPSA) is 29.1 Å². The number of hydrogen-bond donors (Lipinski definition) is 1. The lowest BCUT2D eigenvalue weighted by atomic mass is 9.63. The molecule has 2 nitrogen and oxygen atoms in total. The van der Waals surface area contributed by atoms with Crippen molar-refractivity contribution in [3.05, 3.63) is 29.8 Å². The largest absolute Gasteiger partial charge is 0.325 e. The van der Waals surface area contributed by atoms with Crippen LogP contribution in [-0.2, 0) is 10.2 Å². The van der Waals surface area contributed by atoms with Gasteiger partial charge in [0.2, 0.25) is 5.91 Å². The van der Waals surface area contributed by atoms with Gasteiger partial charge in [0.1, 0.15) is 0 Å². The molecule has 1 aliphatic heterocycles. The van der Waals surface area contributed by atoms with E-state index in [0.717, 1.165) is 5.69 Å². The lowest BCUT2D eigenvalue weighted by Crippen LogP contribution is -2.42. The Labute approximate surface area is 89.7 Å². The Morgan fingerprint density at radius 1 is 1.33 bits per heavy atom. The first-order valence-corrected chi connectivity index (χ1v) is 5.64. The van der Waals surface area contributed by atoms with Crippen LogP contribution in [0.15, 0.2) is 24.3 Å². The lowest BCUT2D eigenvalue weighted by Gasteiger charge is -2.38. The van der Waals surface area contributed by atoms with Crippen LogP contribution in [0, 0.1) is 5.92 Å². The maximum Gasteiger partial charge on any atom is 0.235 e. The molecular weight excluding hydrogens is 186 g/mol. The lowest BCUT2D eigenvalue weighted by molar-refractivity contribution is -0.123. The summed E-state index contributed by atoms with van der Waals surface area (Å²) in [6, 6.07) is 8.09. The molecule has 1 aromatic rings. The van der Waals surface area contributed by atoms with Crippen molar-refractivity contribution in [1.29, 1.82) is 0 Å². The zero-order valence-corrected chi connectivity index (χ0v) is 8.92. The molecule has 1 unspecified atom stereocenters. The Kier molecular flexibility index (Phi) is 1.70. The maximum atomic E-state index is 12.1. The first-order chi connectivity index (χ1) is 7.23. The third kappa shape index (κ3) is 1.02. The van der Waals surface area contributed by atoms with Gasteiger partial charge in [-0.2, -0.15) is 0 Å². The highest BCUT2D eigenvalue weighted by molar-refractivity contribution is 6.06. The van der Waals surface area contributed by atoms with E-state index < -0.39 is 0 Å². The summed E-state index contributed by atoms with van der Waals surface area (Å²) in [5.74, 6) is 0.731. The monoisotopic (exact) mass is 201 g/mol. The number of amides is 1. The zero-order valence-electron chi connectivity index (χ0n) is 8.92. The van der Waals surface area contributed by atoms with Gasteiger partial charge in [-0.05, 0) is 37.3 Å². The molecule has 0 aromatic heterocycles. The van der Waals surface area contributed by atoms with E-state index in [0.29, 0.717) is 5.92 Å². The van der Waals surface area contributed by atoms with Gasteiger partial charge in [0.15, 0.2) is 0 Å². The molecule has 0 spiro atoms. The van der Waals surface area contributed by atoms with Crippen molar-refractivity contribution in [3.8, 4) is 0 Å². The van der Waals surface area contributed by atoms with Crippen LogP contribution in [-0.4, -0.2) is 5.91 Å². The van der Waals surface area contributed by atoms with Crippen molar-refractivity contribution in [3.63, 3.8) is 0 Å². The molecule has 0 radical (unpaired) electrons. The van der Waals surface area contributed by atoms with E-state index in [2.05, 4.69) is 18.3 Å². The van der Waals surface area contributed by atoms with Crippen molar-refractivity contribution >= 4 is 11.6 Å². The highest BCUT2D eigenvalue weighted by Gasteiger charge is 2.49. The third-order valence-corrected chi connectivity index (χ3v) is 4.13. The molecule has 1 fully saturated rings. The molecule has 1 N–H and O–H groups in total. The number of rotatable bonds is 1. The molecule has 1 heterocycles. The van der Waals surface area contributed by atoms with Crippen molar-refractivity contribution in [2.45, 2.75) is 31.6 Å². The number of nitrogens with one attached hydrogen (secondary N) is 1. The molecule has 0 saturated heterocycles. The van der Waals surface area contributed by atoms with Crippen LogP contribution in [0.3, 0.4) is 0 Å². The second-order valence-corrected chi connectivity index (χ2v) is 4.83. The average molecular weight is 201 g/mol. The minimum absolute atomic E-state index is 0.188. The molecule has 1 amide bonds. The molecule has 0 bridgehead atoms. The van der Waals surface area contributed by atoms with Crippen molar-refractivity contribution in [1.82, 2.24) is 0 Å². The van der Waals surface area contributed by atoms with E-state index in [4.69, 9.17) is 0 Å². The number of fused-ring (bicyclic) bond motifs is 1. The number of benzene rings is 1. The second-order valence-electron chi connectivity index (χ2n) is 4.83. The average Bonchev–Trinajstić information content (AvgIpc) is 2.38. The molecule has 1 saturated carbocycles. The van der Waals surface area contributed by atoms with Gasteiger partial charge >= 0.3 is 0 Å². The van der Waals surface area contributed by atoms with Gasteiger partial charge in [-0.25, -0.2) is 0 Å². The van der Waals surface area contributed by atoms with Crippen LogP contribution >= 0.6 is 0 Å². The summed E-state index contributed by atoms with van der Waals surface area (Å²) in [6.07, 6.45) is 3.66. The van der Waals surface area contributed by atoms with E-state index >= 15 is 0 Å². The predicted molar refractivity (Wildman–Crippen MR) is 59.8 cm³/mol. The van der Waals surface area contributed by atoms with Crippen LogP contribution in [0.4, 0.5) is 5.69 Å². The van der Waals surface area contributed by atoms with Gasteiger partial charge in [0.05, 0.1) is 5.41 Å². The van der Waals surface area contributed by atoms with E-state index in [-0.39, 0.29) is 11.3 Å². The summed E-state index contributed by atoms with van der Waals surface area (Å²) in [7, 11) is 0. The van der Waals surface area contributed by atoms with Crippen LogP contribution in [0.25, 0.3) is 0 Å². The van der Waals surface area contributed by atoms with Crippen LogP contribution < -0.4 is 5.32 Å². The Morgan fingerprint density at radius 2 is 2.07 bits per heavy atom. The third-order valence-electron chi connectivity index (χ3n) is 4.13. The predicted octanol–water partition coefficient (Wildman–Crippen LogP) is 2.70. The maximum absolute atomic E-state index is 12.1. The van der Waals surface area contributed by atoms with E-state index in [1.807, 2.05) is 18.2 Å². The second kappa shape index (κ2) is 2.84. The number of para-hydroxylation sites is 1. The fraction of sp³-hybridized carbons (Fsp3) is 0.462. The first-order valence-electron chi connectivity index (χ1n) is 5.64. The molecular formula is C13H15NO. The van der Waals surface area contributed by atoms with Gasteiger partial charge in [-0.3, -0.25) is 4.79 Å². The Morgan fingerprint density at radius 3 is 2.73 bits per heavy atom. The minimum atomic E-state index is -0.269. The molecule has 1 aliphatic carbocycles. The Balaban J connectivity index is 2.11. The van der Waals surface area contributed by atoms with Gasteiger partial charge in [-0.1, -0.05) is 24.6 Å². The zero-order chi connectivity index (χ0) is 10.5. The molecule has 2 heteroatoms. The van der Waals surface area contributed by atoms with E-state index in [1.54, 1.807) is 0 Å². The minimum Gasteiger partial charge on any atom is -0.325 e. The number of carbonyl (C=O) groups excluding carboxylic acids is 1. The molecule has 78 valence electrons. The quantitative estimate of drug-likeness (QED) is 0.743. The molecule has 15 heavy (non-hydrogen) atoms. The number of anilines is 1. The normalized spacial score (nSPS) is 29.5. The van der Waals surface area contributed by atoms with E-state index in [1.165, 1.54) is 24.8 Å².